The molecule has 2 radical (unpaired) electrons. The predicted octanol–water partition coefficient (Wildman–Crippen LogP) is 16.0. The molecule has 5 aromatic rings. The molecule has 5 aromatic carbocycles. The number of rotatable bonds is 5. The van der Waals surface area contributed by atoms with Crippen LogP contribution in [0, 0.1) is 12.8 Å². The fraction of sp³-hybridized carbons (Fsp3) is 0.429. The van der Waals surface area contributed by atoms with E-state index in [4.69, 9.17) is 17.0 Å². The standard InChI is InChI=1S/C20H12F9.C20H27.C2H6Si.2ClH.Zr/c1-11-9-13-3-2-4-15(16(13)10-11)12-5-7-14(8-6-12)17(18(21,22)23,19(24,25)26)20(27,28)29;1-4-15(3)19-7-5-6-17-12-18(13-20(17)19)16-10-8-14(2)9-11-16;1-3-2;;;/h2-10H,1H3;5-7,12-16H,4,8-11H2,1-3H3;1-2H3;2*1H;/q2*-1;;;;+4/p-2. The van der Waals surface area contributed by atoms with Crippen LogP contribution in [0.4, 0.5) is 39.5 Å². The molecule has 0 bridgehead atoms. The third-order valence-corrected chi connectivity index (χ3v) is 10.2. The number of hydrogen-bond donors (Lipinski definition) is 0. The number of hydrogen-bond acceptors (Lipinski definition) is 0. The van der Waals surface area contributed by atoms with Gasteiger partial charge in [0.05, 0.1) is 0 Å². The van der Waals surface area contributed by atoms with E-state index in [9.17, 15) is 39.5 Å². The zero-order valence-corrected chi connectivity index (χ0v) is 36.5. The SMILES string of the molecule is CCC(C)c1cccc2[cH-]c(C3CCC(C)CC3)cc12.C[Si]C.Cc1cc2c(-c3ccc(C(C(F)(F)F)(C(F)(F)F)C(F)(F)F)cc3)cccc2[cH-]1.[Cl][Zr+2][Cl]. The van der Waals surface area contributed by atoms with Crippen LogP contribution in [0.5, 0.6) is 0 Å². The van der Waals surface area contributed by atoms with E-state index in [2.05, 4.69) is 64.2 Å². The summed E-state index contributed by atoms with van der Waals surface area (Å²) < 4.78 is 119. The van der Waals surface area contributed by atoms with E-state index < -0.39 is 50.4 Å². The van der Waals surface area contributed by atoms with Gasteiger partial charge >= 0.3 is 56.4 Å². The molecule has 1 fully saturated rings. The molecule has 13 heteroatoms. The normalized spacial score (nSPS) is 16.9. The molecule has 0 aliphatic heterocycles. The van der Waals surface area contributed by atoms with Gasteiger partial charge in [-0.25, -0.2) is 0 Å². The van der Waals surface area contributed by atoms with Gasteiger partial charge < -0.3 is 0 Å². The maximum absolute atomic E-state index is 13.2. The summed E-state index contributed by atoms with van der Waals surface area (Å²) in [6.07, 6.45) is -13.1. The third kappa shape index (κ3) is 10.9. The summed E-state index contributed by atoms with van der Waals surface area (Å²) in [7, 11) is 11.0. The molecule has 1 aliphatic carbocycles. The minimum atomic E-state index is -6.63. The summed E-state index contributed by atoms with van der Waals surface area (Å²) in [4.78, 5) is 0. The Balaban J connectivity index is 0.000000270. The maximum atomic E-state index is 13.2. The fourth-order valence-corrected chi connectivity index (χ4v) is 7.27. The van der Waals surface area contributed by atoms with Gasteiger partial charge in [-0.1, -0.05) is 108 Å². The van der Waals surface area contributed by atoms with Crippen molar-refractivity contribution in [3.05, 3.63) is 107 Å². The summed E-state index contributed by atoms with van der Waals surface area (Å²) in [5, 5.41) is 4.44. The average molecular weight is 911 g/mol. The van der Waals surface area contributed by atoms with Crippen molar-refractivity contribution >= 4 is 48.1 Å². The van der Waals surface area contributed by atoms with Gasteiger partial charge in [0.25, 0.3) is 5.41 Å². The summed E-state index contributed by atoms with van der Waals surface area (Å²) in [6, 6.07) is 22.5. The van der Waals surface area contributed by atoms with Crippen LogP contribution in [0.3, 0.4) is 0 Å². The Morgan fingerprint density at radius 1 is 0.745 bits per heavy atom. The van der Waals surface area contributed by atoms with E-state index >= 15 is 0 Å². The van der Waals surface area contributed by atoms with Crippen LogP contribution in [0.15, 0.2) is 84.9 Å². The molecule has 55 heavy (non-hydrogen) atoms. The van der Waals surface area contributed by atoms with Crippen LogP contribution in [0.25, 0.3) is 32.7 Å². The Hall–Kier alpha value is -2.07. The second-order valence-electron chi connectivity index (χ2n) is 14.1. The molecular weight excluding hydrogens is 866 g/mol. The van der Waals surface area contributed by atoms with Crippen molar-refractivity contribution in [3.63, 3.8) is 0 Å². The molecule has 0 spiro atoms. The van der Waals surface area contributed by atoms with Crippen molar-refractivity contribution in [1.82, 2.24) is 0 Å². The van der Waals surface area contributed by atoms with E-state index in [-0.39, 0.29) is 17.7 Å². The van der Waals surface area contributed by atoms with Crippen molar-refractivity contribution < 1.29 is 60.4 Å². The van der Waals surface area contributed by atoms with Crippen molar-refractivity contribution in [3.8, 4) is 11.1 Å². The summed E-state index contributed by atoms with van der Waals surface area (Å²) in [6.45, 7) is 13.1. The first kappa shape index (κ1) is 47.3. The monoisotopic (exact) mass is 908 g/mol. The molecule has 298 valence electrons. The molecule has 1 unspecified atom stereocenters. The van der Waals surface area contributed by atoms with Crippen LogP contribution in [0.2, 0.25) is 13.1 Å². The Labute approximate surface area is 339 Å². The zero-order chi connectivity index (χ0) is 41.4. The first-order valence-corrected chi connectivity index (χ1v) is 26.3. The van der Waals surface area contributed by atoms with Crippen LogP contribution < -0.4 is 0 Å². The quantitative estimate of drug-likeness (QED) is 0.0936. The van der Waals surface area contributed by atoms with Gasteiger partial charge in [0.2, 0.25) is 0 Å². The van der Waals surface area contributed by atoms with Gasteiger partial charge in [-0.2, -0.15) is 51.6 Å². The number of aryl methyl sites for hydroxylation is 1. The van der Waals surface area contributed by atoms with E-state index in [1.165, 1.54) is 42.9 Å². The van der Waals surface area contributed by atoms with Gasteiger partial charge in [0.1, 0.15) is 0 Å². The van der Waals surface area contributed by atoms with Gasteiger partial charge in [-0.3, -0.25) is 0 Å². The molecule has 0 aromatic heterocycles. The van der Waals surface area contributed by atoms with Crippen LogP contribution in [0.1, 0.15) is 87.0 Å². The molecule has 0 amide bonds. The van der Waals surface area contributed by atoms with Gasteiger partial charge in [0, 0.05) is 9.52 Å². The number of benzene rings is 3. The van der Waals surface area contributed by atoms with E-state index in [0.29, 0.717) is 16.9 Å². The molecule has 1 aliphatic rings. The summed E-state index contributed by atoms with van der Waals surface area (Å²) in [5.74, 6) is 2.41. The number of halogens is 11. The van der Waals surface area contributed by atoms with E-state index in [1.54, 1.807) is 42.3 Å². The second-order valence-corrected chi connectivity index (χ2v) is 18.9. The molecule has 1 saturated carbocycles. The van der Waals surface area contributed by atoms with Crippen LogP contribution in [-0.4, -0.2) is 28.0 Å². The van der Waals surface area contributed by atoms with Gasteiger partial charge in [0.15, 0.2) is 0 Å². The topological polar surface area (TPSA) is 0 Å². The Bertz CT molecular complexity index is 1880. The predicted molar refractivity (Wildman–Crippen MR) is 207 cm³/mol. The zero-order valence-electron chi connectivity index (χ0n) is 31.5. The Kier molecular flexibility index (Phi) is 17.3. The Morgan fingerprint density at radius 2 is 1.24 bits per heavy atom. The first-order valence-electron chi connectivity index (χ1n) is 17.9. The van der Waals surface area contributed by atoms with Crippen molar-refractivity contribution in [2.75, 3.05) is 0 Å². The molecule has 0 heterocycles. The van der Waals surface area contributed by atoms with Gasteiger partial charge in [-0.05, 0) is 41.7 Å². The van der Waals surface area contributed by atoms with Crippen LogP contribution >= 0.6 is 17.0 Å². The minimum absolute atomic E-state index is 0.199. The van der Waals surface area contributed by atoms with Crippen molar-refractivity contribution in [2.45, 2.75) is 109 Å². The first-order chi connectivity index (χ1) is 25.7. The fourth-order valence-electron chi connectivity index (χ4n) is 7.27. The molecule has 0 N–H and O–H groups in total. The average Bonchev–Trinajstić information content (AvgIpc) is 3.71. The summed E-state index contributed by atoms with van der Waals surface area (Å²) >= 11 is -0.826. The van der Waals surface area contributed by atoms with Crippen molar-refractivity contribution in [1.29, 1.82) is 0 Å². The molecular formula is C42H45Cl2F9SiZr. The Morgan fingerprint density at radius 3 is 1.73 bits per heavy atom. The molecule has 6 rings (SSSR count). The van der Waals surface area contributed by atoms with E-state index in [1.807, 2.05) is 6.07 Å². The van der Waals surface area contributed by atoms with Crippen LogP contribution in [-0.2, 0) is 26.3 Å². The second kappa shape index (κ2) is 20.1. The summed E-state index contributed by atoms with van der Waals surface area (Å²) in [5.41, 5.74) is -3.20. The van der Waals surface area contributed by atoms with Gasteiger partial charge in [-0.15, -0.1) is 69.1 Å². The van der Waals surface area contributed by atoms with E-state index in [0.717, 1.165) is 44.4 Å². The number of fused-ring (bicyclic) bond motifs is 2. The molecule has 0 saturated heterocycles. The molecule has 0 nitrogen and oxygen atoms in total. The van der Waals surface area contributed by atoms with Crippen molar-refractivity contribution in [2.24, 2.45) is 5.92 Å². The number of alkyl halides is 9. The third-order valence-electron chi connectivity index (χ3n) is 10.2. The molecule has 1 atom stereocenters.